The summed E-state index contributed by atoms with van der Waals surface area (Å²) in [6.07, 6.45) is 0. The summed E-state index contributed by atoms with van der Waals surface area (Å²) in [7, 11) is 0. The monoisotopic (exact) mass is 287 g/mol. The molecule has 0 aliphatic carbocycles. The van der Waals surface area contributed by atoms with Gasteiger partial charge in [0.1, 0.15) is 0 Å². The highest BCUT2D eigenvalue weighted by Crippen LogP contribution is 2.22. The van der Waals surface area contributed by atoms with Gasteiger partial charge in [0.15, 0.2) is 0 Å². The molecule has 0 saturated carbocycles. The Morgan fingerprint density at radius 2 is 1.92 bits per heavy atom. The largest absolute Gasteiger partial charge is 0.192 e. The number of hydrogen-bond donors (Lipinski definition) is 0. The Hall–Kier alpha value is -0.420. The zero-order valence-electron chi connectivity index (χ0n) is 6.20. The lowest BCUT2D eigenvalue weighted by molar-refractivity contribution is 1.52. The maximum absolute atomic E-state index is 4.32. The van der Waals surface area contributed by atoms with Gasteiger partial charge in [-0.25, -0.2) is 0 Å². The van der Waals surface area contributed by atoms with E-state index in [9.17, 15) is 0 Å². The van der Waals surface area contributed by atoms with Gasteiger partial charge < -0.3 is 0 Å². The fraction of sp³-hybridized carbons (Fsp3) is 0. The Labute approximate surface area is 88.8 Å². The van der Waals surface area contributed by atoms with Crippen LogP contribution >= 0.6 is 34.1 Å². The maximum atomic E-state index is 4.32. The lowest BCUT2D eigenvalue weighted by atomic mass is 10.2. The molecule has 0 aliphatic rings. The third-order valence-electron chi connectivity index (χ3n) is 1.55. The van der Waals surface area contributed by atoms with Crippen LogP contribution in [-0.2, 0) is 0 Å². The highest BCUT2D eigenvalue weighted by atomic mass is 127. The lowest BCUT2D eigenvalue weighted by Gasteiger charge is -1.92. The Morgan fingerprint density at radius 3 is 2.50 bits per heavy atom. The van der Waals surface area contributed by atoms with Crippen LogP contribution in [0.25, 0.3) is 11.3 Å². The van der Waals surface area contributed by atoms with Crippen molar-refractivity contribution < 1.29 is 0 Å². The van der Waals surface area contributed by atoms with E-state index in [-0.39, 0.29) is 0 Å². The quantitative estimate of drug-likeness (QED) is 0.732. The van der Waals surface area contributed by atoms with Crippen molar-refractivity contribution in [1.29, 1.82) is 0 Å². The Kier molecular flexibility index (Phi) is 2.41. The van der Waals surface area contributed by atoms with E-state index in [0.29, 0.717) is 0 Å². The molecule has 1 heterocycles. The second kappa shape index (κ2) is 3.53. The van der Waals surface area contributed by atoms with Crippen LogP contribution in [0.1, 0.15) is 0 Å². The van der Waals surface area contributed by atoms with E-state index in [1.807, 2.05) is 18.2 Å². The summed E-state index contributed by atoms with van der Waals surface area (Å²) < 4.78 is 5.55. The second-order valence-corrected chi connectivity index (χ2v) is 5.08. The van der Waals surface area contributed by atoms with E-state index in [4.69, 9.17) is 0 Å². The van der Waals surface area contributed by atoms with Crippen molar-refractivity contribution in [1.82, 2.24) is 4.37 Å². The number of aromatic nitrogens is 1. The van der Waals surface area contributed by atoms with Gasteiger partial charge in [0.05, 0.1) is 8.58 Å². The molecule has 1 nitrogen and oxygen atoms in total. The molecular weight excluding hydrogens is 281 g/mol. The zero-order chi connectivity index (χ0) is 8.39. The first-order valence-corrected chi connectivity index (χ1v) is 5.39. The molecule has 0 bridgehead atoms. The van der Waals surface area contributed by atoms with E-state index < -0.39 is 0 Å². The van der Waals surface area contributed by atoms with Gasteiger partial charge in [0.25, 0.3) is 0 Å². The molecule has 12 heavy (non-hydrogen) atoms. The molecule has 0 amide bonds. The molecular formula is C9H6INS. The van der Waals surface area contributed by atoms with Crippen LogP contribution in [0.4, 0.5) is 0 Å². The minimum Gasteiger partial charge on any atom is -0.192 e. The number of rotatable bonds is 1. The van der Waals surface area contributed by atoms with Crippen molar-refractivity contribution in [3.63, 3.8) is 0 Å². The Morgan fingerprint density at radius 1 is 1.17 bits per heavy atom. The summed E-state index contributed by atoms with van der Waals surface area (Å²) in [6.45, 7) is 0. The number of benzene rings is 1. The van der Waals surface area contributed by atoms with Crippen molar-refractivity contribution in [2.24, 2.45) is 0 Å². The fourth-order valence-corrected chi connectivity index (χ4v) is 2.10. The minimum atomic E-state index is 1.07. The smallest absolute Gasteiger partial charge is 0.0866 e. The molecule has 3 heteroatoms. The zero-order valence-corrected chi connectivity index (χ0v) is 9.17. The third kappa shape index (κ3) is 1.67. The topological polar surface area (TPSA) is 12.9 Å². The van der Waals surface area contributed by atoms with Gasteiger partial charge in [0.2, 0.25) is 0 Å². The van der Waals surface area contributed by atoms with Gasteiger partial charge in [0, 0.05) is 5.56 Å². The summed E-state index contributed by atoms with van der Waals surface area (Å²) in [6, 6.07) is 12.3. The van der Waals surface area contributed by atoms with E-state index in [2.05, 4.69) is 45.2 Å². The third-order valence-corrected chi connectivity index (χ3v) is 3.03. The summed E-state index contributed by atoms with van der Waals surface area (Å²) in [5.41, 5.74) is 2.27. The van der Waals surface area contributed by atoms with Crippen molar-refractivity contribution in [3.05, 3.63) is 39.3 Å². The average Bonchev–Trinajstić information content (AvgIpc) is 2.54. The Balaban J connectivity index is 2.45. The van der Waals surface area contributed by atoms with E-state index in [1.165, 1.54) is 20.0 Å². The predicted molar refractivity (Wildman–Crippen MR) is 60.3 cm³/mol. The van der Waals surface area contributed by atoms with Crippen LogP contribution < -0.4 is 0 Å². The van der Waals surface area contributed by atoms with Crippen LogP contribution in [0.15, 0.2) is 36.4 Å². The fourth-order valence-electron chi connectivity index (χ4n) is 0.998. The maximum Gasteiger partial charge on any atom is 0.0866 e. The van der Waals surface area contributed by atoms with Crippen LogP contribution in [-0.4, -0.2) is 4.37 Å². The summed E-state index contributed by atoms with van der Waals surface area (Å²) in [4.78, 5) is 0. The molecule has 1 aromatic carbocycles. The molecule has 0 N–H and O–H groups in total. The molecule has 2 aromatic rings. The molecule has 0 saturated heterocycles. The van der Waals surface area contributed by atoms with Gasteiger partial charge in [-0.1, -0.05) is 30.3 Å². The first-order valence-electron chi connectivity index (χ1n) is 3.54. The van der Waals surface area contributed by atoms with Crippen LogP contribution in [0.3, 0.4) is 0 Å². The molecule has 1 aromatic heterocycles. The summed E-state index contributed by atoms with van der Waals surface area (Å²) >= 11 is 3.82. The number of halogens is 1. The number of hydrogen-bond acceptors (Lipinski definition) is 2. The molecule has 0 aliphatic heterocycles. The SMILES string of the molecule is Ic1cc(-c2ccccc2)ns1. The van der Waals surface area contributed by atoms with Crippen molar-refractivity contribution in [2.75, 3.05) is 0 Å². The van der Waals surface area contributed by atoms with Crippen LogP contribution in [0, 0.1) is 2.88 Å². The Bertz CT molecular complexity index is 369. The first-order chi connectivity index (χ1) is 5.86. The highest BCUT2D eigenvalue weighted by molar-refractivity contribution is 14.1. The van der Waals surface area contributed by atoms with Crippen LogP contribution in [0.5, 0.6) is 0 Å². The van der Waals surface area contributed by atoms with E-state index in [1.54, 1.807) is 0 Å². The van der Waals surface area contributed by atoms with Crippen molar-refractivity contribution in [3.8, 4) is 11.3 Å². The molecule has 0 fully saturated rings. The van der Waals surface area contributed by atoms with Crippen molar-refractivity contribution in [2.45, 2.75) is 0 Å². The average molecular weight is 287 g/mol. The van der Waals surface area contributed by atoms with E-state index >= 15 is 0 Å². The predicted octanol–water partition coefficient (Wildman–Crippen LogP) is 3.41. The van der Waals surface area contributed by atoms with Gasteiger partial charge in [-0.05, 0) is 40.2 Å². The molecule has 0 unspecified atom stereocenters. The lowest BCUT2D eigenvalue weighted by Crippen LogP contribution is -1.73. The van der Waals surface area contributed by atoms with E-state index in [0.717, 1.165) is 5.69 Å². The normalized spacial score (nSPS) is 10.1. The van der Waals surface area contributed by atoms with Gasteiger partial charge in [-0.3, -0.25) is 0 Å². The van der Waals surface area contributed by atoms with Gasteiger partial charge in [-0.15, -0.1) is 0 Å². The van der Waals surface area contributed by atoms with Crippen LogP contribution in [0.2, 0.25) is 0 Å². The summed E-state index contributed by atoms with van der Waals surface area (Å²) in [5, 5.41) is 0. The van der Waals surface area contributed by atoms with Gasteiger partial charge >= 0.3 is 0 Å². The standard InChI is InChI=1S/C9H6INS/c10-9-6-8(11-12-9)7-4-2-1-3-5-7/h1-6H. The molecule has 0 spiro atoms. The van der Waals surface area contributed by atoms with Gasteiger partial charge in [-0.2, -0.15) is 4.37 Å². The first kappa shape index (κ1) is 8.19. The molecule has 60 valence electrons. The molecule has 0 atom stereocenters. The van der Waals surface area contributed by atoms with Crippen molar-refractivity contribution >= 4 is 34.1 Å². The molecule has 2 rings (SSSR count). The summed E-state index contributed by atoms with van der Waals surface area (Å²) in [5.74, 6) is 0. The second-order valence-electron chi connectivity index (χ2n) is 2.38. The number of nitrogens with zero attached hydrogens (tertiary/aromatic N) is 1. The minimum absolute atomic E-state index is 1.07. The molecule has 0 radical (unpaired) electrons. The highest BCUT2D eigenvalue weighted by Gasteiger charge is 2.00.